The van der Waals surface area contributed by atoms with Gasteiger partial charge in [0.2, 0.25) is 0 Å². The molecule has 1 aliphatic rings. The van der Waals surface area contributed by atoms with Crippen LogP contribution in [0.1, 0.15) is 49.5 Å². The quantitative estimate of drug-likeness (QED) is 0.757. The number of aliphatic hydroxyl groups is 1. The molecule has 1 unspecified atom stereocenters. The van der Waals surface area contributed by atoms with Crippen molar-refractivity contribution in [2.45, 2.75) is 51.7 Å². The number of aliphatic hydroxyl groups excluding tert-OH is 1. The largest absolute Gasteiger partial charge is 0.444 e. The van der Waals surface area contributed by atoms with E-state index in [0.717, 1.165) is 12.1 Å². The van der Waals surface area contributed by atoms with Crippen molar-refractivity contribution in [1.82, 2.24) is 14.5 Å². The molecule has 0 radical (unpaired) electrons. The molecule has 0 aliphatic carbocycles. The molecule has 1 N–H and O–H groups in total. The Morgan fingerprint density at radius 2 is 1.93 bits per heavy atom. The van der Waals surface area contributed by atoms with Crippen molar-refractivity contribution in [3.8, 4) is 0 Å². The molecule has 29 heavy (non-hydrogen) atoms. The molecule has 1 aromatic carbocycles. The van der Waals surface area contributed by atoms with Crippen molar-refractivity contribution in [3.05, 3.63) is 52.9 Å². The minimum Gasteiger partial charge on any atom is -0.444 e. The average molecular weight is 415 g/mol. The van der Waals surface area contributed by atoms with Gasteiger partial charge in [-0.15, -0.1) is 0 Å². The molecule has 2 aromatic rings. The fourth-order valence-electron chi connectivity index (χ4n) is 3.16. The Bertz CT molecular complexity index is 918. The lowest BCUT2D eigenvalue weighted by molar-refractivity contribution is -0.139. The third-order valence-electron chi connectivity index (χ3n) is 4.44. The summed E-state index contributed by atoms with van der Waals surface area (Å²) in [5.41, 5.74) is -2.23. The topological polar surface area (TPSA) is 67.6 Å². The van der Waals surface area contributed by atoms with Crippen molar-refractivity contribution in [2.24, 2.45) is 0 Å². The number of hydrogen-bond acceptors (Lipinski definition) is 4. The highest BCUT2D eigenvalue weighted by Gasteiger charge is 2.37. The van der Waals surface area contributed by atoms with Crippen LogP contribution in [0.5, 0.6) is 0 Å². The summed E-state index contributed by atoms with van der Waals surface area (Å²) in [4.78, 5) is 17.8. The highest BCUT2D eigenvalue weighted by molar-refractivity contribution is 5.68. The van der Waals surface area contributed by atoms with Gasteiger partial charge in [-0.2, -0.15) is 13.2 Å². The predicted octanol–water partition coefficient (Wildman–Crippen LogP) is 3.87. The minimum atomic E-state index is -4.82. The van der Waals surface area contributed by atoms with Crippen molar-refractivity contribution < 1.29 is 32.2 Å². The van der Waals surface area contributed by atoms with Gasteiger partial charge in [0.1, 0.15) is 23.3 Å². The fourth-order valence-corrected chi connectivity index (χ4v) is 3.16. The number of amides is 1. The van der Waals surface area contributed by atoms with E-state index in [1.54, 1.807) is 25.3 Å². The van der Waals surface area contributed by atoms with Gasteiger partial charge in [-0.05, 0) is 38.5 Å². The molecule has 1 amide bonds. The van der Waals surface area contributed by atoms with E-state index >= 15 is 0 Å². The van der Waals surface area contributed by atoms with Crippen molar-refractivity contribution in [3.63, 3.8) is 0 Å². The number of carbonyl (C=O) groups is 1. The SMILES string of the molecule is CC(C)(C)OC(=O)N1CCn2c(C(O)c3ccc(F)cc3C(F)(F)F)cnc2C1. The lowest BCUT2D eigenvalue weighted by atomic mass is 9.99. The fraction of sp³-hybridized carbons (Fsp3) is 0.474. The second-order valence-corrected chi connectivity index (χ2v) is 7.78. The number of carbonyl (C=O) groups excluding carboxylic acids is 1. The van der Waals surface area contributed by atoms with Crippen molar-refractivity contribution >= 4 is 6.09 Å². The van der Waals surface area contributed by atoms with Gasteiger partial charge in [0.25, 0.3) is 0 Å². The minimum absolute atomic E-state index is 0.0944. The van der Waals surface area contributed by atoms with E-state index in [9.17, 15) is 27.5 Å². The van der Waals surface area contributed by atoms with Crippen LogP contribution >= 0.6 is 0 Å². The zero-order valence-corrected chi connectivity index (χ0v) is 16.1. The van der Waals surface area contributed by atoms with Gasteiger partial charge in [0.15, 0.2) is 0 Å². The molecule has 1 aliphatic heterocycles. The molecular weight excluding hydrogens is 394 g/mol. The number of aromatic nitrogens is 2. The summed E-state index contributed by atoms with van der Waals surface area (Å²) in [7, 11) is 0. The van der Waals surface area contributed by atoms with E-state index in [1.165, 1.54) is 11.1 Å². The molecule has 6 nitrogen and oxygen atoms in total. The molecule has 3 rings (SSSR count). The Morgan fingerprint density at radius 3 is 2.55 bits per heavy atom. The standard InChI is InChI=1S/C19H21F4N3O3/c1-18(2,3)29-17(28)25-6-7-26-14(9-24-15(26)10-25)16(27)12-5-4-11(20)8-13(12)19(21,22)23/h4-5,8-9,16,27H,6-7,10H2,1-3H3. The van der Waals surface area contributed by atoms with E-state index in [-0.39, 0.29) is 25.3 Å². The monoisotopic (exact) mass is 415 g/mol. The predicted molar refractivity (Wildman–Crippen MR) is 94.3 cm³/mol. The summed E-state index contributed by atoms with van der Waals surface area (Å²) >= 11 is 0. The van der Waals surface area contributed by atoms with Crippen LogP contribution in [0.15, 0.2) is 24.4 Å². The number of ether oxygens (including phenoxy) is 1. The summed E-state index contributed by atoms with van der Waals surface area (Å²) in [6.07, 6.45) is -5.73. The molecule has 0 spiro atoms. The number of hydrogen-bond donors (Lipinski definition) is 1. The Balaban J connectivity index is 1.87. The first-order valence-corrected chi connectivity index (χ1v) is 8.94. The number of alkyl halides is 3. The molecule has 0 fully saturated rings. The number of benzene rings is 1. The normalized spacial score (nSPS) is 15.8. The Morgan fingerprint density at radius 1 is 1.24 bits per heavy atom. The lowest BCUT2D eigenvalue weighted by Crippen LogP contribution is -2.42. The molecule has 2 heterocycles. The van der Waals surface area contributed by atoms with Crippen LogP contribution in [0, 0.1) is 5.82 Å². The second-order valence-electron chi connectivity index (χ2n) is 7.78. The molecule has 0 bridgehead atoms. The van der Waals surface area contributed by atoms with E-state index < -0.39 is 40.9 Å². The van der Waals surface area contributed by atoms with Gasteiger partial charge in [-0.25, -0.2) is 14.2 Å². The second kappa shape index (κ2) is 7.33. The van der Waals surface area contributed by atoms with E-state index in [0.29, 0.717) is 11.9 Å². The van der Waals surface area contributed by atoms with E-state index in [4.69, 9.17) is 4.74 Å². The Hall–Kier alpha value is -2.62. The zero-order chi connectivity index (χ0) is 21.6. The summed E-state index contributed by atoms with van der Waals surface area (Å²) in [5, 5.41) is 10.6. The third kappa shape index (κ3) is 4.52. The van der Waals surface area contributed by atoms with Crippen molar-refractivity contribution in [2.75, 3.05) is 6.54 Å². The van der Waals surface area contributed by atoms with Crippen LogP contribution in [-0.4, -0.2) is 37.8 Å². The number of nitrogens with zero attached hydrogens (tertiary/aromatic N) is 3. The highest BCUT2D eigenvalue weighted by atomic mass is 19.4. The number of halogens is 4. The third-order valence-corrected chi connectivity index (χ3v) is 4.44. The molecule has 10 heteroatoms. The summed E-state index contributed by atoms with van der Waals surface area (Å²) in [5.74, 6) is -0.636. The number of rotatable bonds is 2. The lowest BCUT2D eigenvalue weighted by Gasteiger charge is -2.31. The summed E-state index contributed by atoms with van der Waals surface area (Å²) < 4.78 is 60.1. The van der Waals surface area contributed by atoms with Gasteiger partial charge < -0.3 is 14.4 Å². The average Bonchev–Trinajstić information content (AvgIpc) is 3.02. The maximum atomic E-state index is 13.3. The van der Waals surface area contributed by atoms with Crippen LogP contribution in [0.2, 0.25) is 0 Å². The van der Waals surface area contributed by atoms with Crippen molar-refractivity contribution in [1.29, 1.82) is 0 Å². The summed E-state index contributed by atoms with van der Waals surface area (Å²) in [6, 6.07) is 2.14. The van der Waals surface area contributed by atoms with Gasteiger partial charge in [0, 0.05) is 13.1 Å². The smallest absolute Gasteiger partial charge is 0.416 e. The van der Waals surface area contributed by atoms with Gasteiger partial charge in [-0.3, -0.25) is 4.90 Å². The first-order chi connectivity index (χ1) is 13.4. The van der Waals surface area contributed by atoms with Gasteiger partial charge in [0.05, 0.1) is 24.0 Å². The van der Waals surface area contributed by atoms with Crippen LogP contribution < -0.4 is 0 Å². The van der Waals surface area contributed by atoms with Gasteiger partial charge >= 0.3 is 12.3 Å². The highest BCUT2D eigenvalue weighted by Crippen LogP contribution is 2.37. The number of imidazole rings is 1. The molecule has 1 atom stereocenters. The van der Waals surface area contributed by atoms with Crippen LogP contribution in [0.3, 0.4) is 0 Å². The van der Waals surface area contributed by atoms with Crippen LogP contribution in [-0.2, 0) is 24.0 Å². The van der Waals surface area contributed by atoms with Gasteiger partial charge in [-0.1, -0.05) is 6.07 Å². The van der Waals surface area contributed by atoms with Crippen LogP contribution in [0.4, 0.5) is 22.4 Å². The molecule has 1 aromatic heterocycles. The summed E-state index contributed by atoms with van der Waals surface area (Å²) in [6.45, 7) is 5.79. The van der Waals surface area contributed by atoms with E-state index in [1.807, 2.05) is 0 Å². The molecule has 158 valence electrons. The molecular formula is C19H21F4N3O3. The maximum absolute atomic E-state index is 13.3. The van der Waals surface area contributed by atoms with Crippen LogP contribution in [0.25, 0.3) is 0 Å². The first-order valence-electron chi connectivity index (χ1n) is 8.94. The maximum Gasteiger partial charge on any atom is 0.416 e. The molecule has 0 saturated carbocycles. The number of fused-ring (bicyclic) bond motifs is 1. The zero-order valence-electron chi connectivity index (χ0n) is 16.1. The molecule has 0 saturated heterocycles. The Labute approximate surface area is 164 Å². The van der Waals surface area contributed by atoms with E-state index in [2.05, 4.69) is 4.98 Å². The first kappa shape index (κ1) is 21.1. The Kier molecular flexibility index (Phi) is 5.33.